The molecule has 2 aromatic carbocycles. The summed E-state index contributed by atoms with van der Waals surface area (Å²) in [5.41, 5.74) is 5.15. The molecule has 5 heteroatoms. The molecule has 2 aromatic heterocycles. The Bertz CT molecular complexity index is 692. The van der Waals surface area contributed by atoms with Crippen LogP contribution in [0.4, 0.5) is 0 Å². The fourth-order valence-corrected chi connectivity index (χ4v) is 2.31. The van der Waals surface area contributed by atoms with Crippen LogP contribution in [0, 0.1) is 11.9 Å². The molecule has 0 aliphatic rings. The van der Waals surface area contributed by atoms with Gasteiger partial charge in [-0.1, -0.05) is 42.5 Å². The molecule has 4 rings (SSSR count). The van der Waals surface area contributed by atoms with Crippen LogP contribution in [0.2, 0.25) is 0 Å². The maximum absolute atomic E-state index is 4.35. The van der Waals surface area contributed by atoms with Gasteiger partial charge in [-0.25, -0.2) is 9.97 Å². The van der Waals surface area contributed by atoms with E-state index in [1.165, 1.54) is 22.7 Å². The normalized spacial score (nSPS) is 9.32. The number of nitrogens with zero attached hydrogens (tertiary/aromatic N) is 2. The lowest BCUT2D eigenvalue weighted by molar-refractivity contribution is 0.548. The minimum absolute atomic E-state index is 0.834. The molecule has 110 valence electrons. The summed E-state index contributed by atoms with van der Waals surface area (Å²) in [5, 5.41) is 0. The SMILES string of the molecule is SCc1ccccc1.[c]1nc2ccccc2s1.[c]1ncco1. The summed E-state index contributed by atoms with van der Waals surface area (Å²) >= 11 is 5.66. The van der Waals surface area contributed by atoms with Gasteiger partial charge in [0.05, 0.1) is 16.4 Å². The van der Waals surface area contributed by atoms with Crippen LogP contribution in [-0.4, -0.2) is 9.97 Å². The average molecular weight is 326 g/mol. The largest absolute Gasteiger partial charge is 0.441 e. The molecule has 0 bridgehead atoms. The first-order valence-electron chi connectivity index (χ1n) is 6.52. The average Bonchev–Trinajstić information content (AvgIpc) is 3.30. The summed E-state index contributed by atoms with van der Waals surface area (Å²) in [7, 11) is 0. The molecule has 0 unspecified atom stereocenters. The summed E-state index contributed by atoms with van der Waals surface area (Å²) in [6, 6.07) is 18.2. The van der Waals surface area contributed by atoms with E-state index >= 15 is 0 Å². The second-order valence-corrected chi connectivity index (χ2v) is 5.18. The van der Waals surface area contributed by atoms with Crippen LogP contribution in [0.1, 0.15) is 5.56 Å². The van der Waals surface area contributed by atoms with E-state index in [0.717, 1.165) is 11.3 Å². The Kier molecular flexibility index (Phi) is 7.21. The van der Waals surface area contributed by atoms with Crippen LogP contribution in [0.15, 0.2) is 71.5 Å². The van der Waals surface area contributed by atoms with Gasteiger partial charge in [0.25, 0.3) is 6.39 Å². The highest BCUT2D eigenvalue weighted by molar-refractivity contribution is 7.79. The van der Waals surface area contributed by atoms with Gasteiger partial charge >= 0.3 is 0 Å². The molecule has 0 fully saturated rings. The minimum Gasteiger partial charge on any atom is -0.441 e. The van der Waals surface area contributed by atoms with E-state index in [9.17, 15) is 0 Å². The van der Waals surface area contributed by atoms with Crippen LogP contribution >= 0.6 is 24.0 Å². The highest BCUT2D eigenvalue weighted by Crippen LogP contribution is 2.14. The van der Waals surface area contributed by atoms with Crippen molar-refractivity contribution in [1.82, 2.24) is 9.97 Å². The van der Waals surface area contributed by atoms with Gasteiger partial charge < -0.3 is 4.42 Å². The number of oxazole rings is 1. The van der Waals surface area contributed by atoms with E-state index in [2.05, 4.69) is 51.1 Å². The molecule has 22 heavy (non-hydrogen) atoms. The third-order valence-electron chi connectivity index (χ3n) is 2.52. The first-order chi connectivity index (χ1) is 10.9. The predicted octanol–water partition coefficient (Wildman–Crippen LogP) is 4.69. The van der Waals surface area contributed by atoms with Crippen molar-refractivity contribution in [2.24, 2.45) is 0 Å². The number of fused-ring (bicyclic) bond motifs is 1. The van der Waals surface area contributed by atoms with Crippen molar-refractivity contribution in [2.75, 3.05) is 0 Å². The van der Waals surface area contributed by atoms with Crippen LogP contribution in [0.5, 0.6) is 0 Å². The topological polar surface area (TPSA) is 38.9 Å². The highest BCUT2D eigenvalue weighted by Gasteiger charge is 1.90. The zero-order chi connectivity index (χ0) is 15.5. The fraction of sp³-hybridized carbons (Fsp3) is 0.0588. The molecule has 0 saturated carbocycles. The Morgan fingerprint density at radius 1 is 1.05 bits per heavy atom. The predicted molar refractivity (Wildman–Crippen MR) is 92.9 cm³/mol. The van der Waals surface area contributed by atoms with Gasteiger partial charge in [0, 0.05) is 5.75 Å². The van der Waals surface area contributed by atoms with E-state index in [1.807, 2.05) is 42.5 Å². The van der Waals surface area contributed by atoms with E-state index < -0.39 is 0 Å². The summed E-state index contributed by atoms with van der Waals surface area (Å²) in [6.45, 7) is 0. The second kappa shape index (κ2) is 9.76. The van der Waals surface area contributed by atoms with Gasteiger partial charge in [0.15, 0.2) is 5.51 Å². The van der Waals surface area contributed by atoms with Crippen LogP contribution in [-0.2, 0) is 5.75 Å². The molecule has 0 N–H and O–H groups in total. The zero-order valence-electron chi connectivity index (χ0n) is 11.7. The smallest absolute Gasteiger partial charge is 0.283 e. The van der Waals surface area contributed by atoms with Crippen molar-refractivity contribution in [2.45, 2.75) is 5.75 Å². The Morgan fingerprint density at radius 3 is 2.36 bits per heavy atom. The van der Waals surface area contributed by atoms with Crippen molar-refractivity contribution >= 4 is 34.2 Å². The van der Waals surface area contributed by atoms with E-state index in [-0.39, 0.29) is 0 Å². The van der Waals surface area contributed by atoms with Gasteiger partial charge in [-0.2, -0.15) is 12.6 Å². The molecule has 0 spiro atoms. The van der Waals surface area contributed by atoms with Crippen molar-refractivity contribution in [1.29, 1.82) is 0 Å². The maximum atomic E-state index is 4.35. The molecule has 2 heterocycles. The molecule has 3 nitrogen and oxygen atoms in total. The number of thiazole rings is 1. The summed E-state index contributed by atoms with van der Waals surface area (Å²) in [4.78, 5) is 7.44. The van der Waals surface area contributed by atoms with Crippen LogP contribution < -0.4 is 0 Å². The monoisotopic (exact) mass is 326 g/mol. The van der Waals surface area contributed by atoms with Crippen molar-refractivity contribution in [3.63, 3.8) is 0 Å². The summed E-state index contributed by atoms with van der Waals surface area (Å²) in [5.74, 6) is 0.834. The van der Waals surface area contributed by atoms with Gasteiger partial charge in [-0.05, 0) is 17.7 Å². The van der Waals surface area contributed by atoms with E-state index in [0.29, 0.717) is 0 Å². The minimum atomic E-state index is 0.834. The lowest BCUT2D eigenvalue weighted by atomic mass is 10.2. The Balaban J connectivity index is 0.000000125. The number of benzene rings is 2. The van der Waals surface area contributed by atoms with Crippen molar-refractivity contribution in [3.8, 4) is 0 Å². The molecular formula is C17H14N2OS2. The molecule has 0 saturated heterocycles. The third kappa shape index (κ3) is 5.71. The molecule has 0 aliphatic heterocycles. The standard InChI is InChI=1S/C7H4NS.C7H8S.C3H2NO/c1-2-4-7-6(3-1)8-5-9-7;8-6-7-4-2-1-3-5-7;1-2-5-3-4-1/h1-4H;1-5,8H,6H2;1-2H. The zero-order valence-corrected chi connectivity index (χ0v) is 13.4. The number of hydrogen-bond donors (Lipinski definition) is 1. The van der Waals surface area contributed by atoms with Gasteiger partial charge in [-0.15, -0.1) is 11.3 Å². The van der Waals surface area contributed by atoms with Gasteiger partial charge in [-0.3, -0.25) is 0 Å². The second-order valence-electron chi connectivity index (χ2n) is 4.04. The first kappa shape index (κ1) is 16.3. The van der Waals surface area contributed by atoms with E-state index in [1.54, 1.807) is 11.3 Å². The number of aromatic nitrogens is 2. The van der Waals surface area contributed by atoms with Gasteiger partial charge in [0.2, 0.25) is 0 Å². The highest BCUT2D eigenvalue weighted by atomic mass is 32.1. The summed E-state index contributed by atoms with van der Waals surface area (Å²) < 4.78 is 5.55. The Labute approximate surface area is 139 Å². The molecule has 0 atom stereocenters. The molecule has 0 amide bonds. The molecular weight excluding hydrogens is 312 g/mol. The number of rotatable bonds is 1. The quantitative estimate of drug-likeness (QED) is 0.516. The molecule has 2 radical (unpaired) electrons. The first-order valence-corrected chi connectivity index (χ1v) is 7.97. The number of para-hydroxylation sites is 1. The van der Waals surface area contributed by atoms with Crippen molar-refractivity contribution < 1.29 is 4.42 Å². The molecule has 0 aliphatic carbocycles. The lowest BCUT2D eigenvalue weighted by Crippen LogP contribution is -1.71. The van der Waals surface area contributed by atoms with Gasteiger partial charge in [0.1, 0.15) is 6.26 Å². The maximum Gasteiger partial charge on any atom is 0.283 e. The molecule has 4 aromatic rings. The third-order valence-corrected chi connectivity index (χ3v) is 3.63. The van der Waals surface area contributed by atoms with E-state index in [4.69, 9.17) is 0 Å². The van der Waals surface area contributed by atoms with Crippen molar-refractivity contribution in [3.05, 3.63) is 84.5 Å². The van der Waals surface area contributed by atoms with Crippen LogP contribution in [0.3, 0.4) is 0 Å². The number of hydrogen-bond acceptors (Lipinski definition) is 5. The number of thiol groups is 1. The Morgan fingerprint density at radius 2 is 1.82 bits per heavy atom. The summed E-state index contributed by atoms with van der Waals surface area (Å²) in [6.07, 6.45) is 5.22. The fourth-order valence-electron chi connectivity index (χ4n) is 1.49. The lowest BCUT2D eigenvalue weighted by Gasteiger charge is -1.89. The Hall–Kier alpha value is -2.11. The van der Waals surface area contributed by atoms with Crippen LogP contribution in [0.25, 0.3) is 10.2 Å².